The summed E-state index contributed by atoms with van der Waals surface area (Å²) < 4.78 is 11.8. The van der Waals surface area contributed by atoms with Gasteiger partial charge < -0.3 is 14.5 Å². The summed E-state index contributed by atoms with van der Waals surface area (Å²) in [6, 6.07) is 16.6. The minimum Gasteiger partial charge on any atom is -0.496 e. The number of amides is 1. The van der Waals surface area contributed by atoms with Crippen LogP contribution in [0.15, 0.2) is 65.3 Å². The molecule has 0 unspecified atom stereocenters. The van der Waals surface area contributed by atoms with Crippen LogP contribution < -0.4 is 10.1 Å². The number of nitrogens with one attached hydrogen (secondary N) is 1. The van der Waals surface area contributed by atoms with Crippen molar-refractivity contribution >= 4 is 28.1 Å². The molecular formula is C32H35NO3. The van der Waals surface area contributed by atoms with Crippen molar-refractivity contribution in [2.75, 3.05) is 12.4 Å². The van der Waals surface area contributed by atoms with E-state index < -0.39 is 0 Å². The predicted molar refractivity (Wildman–Crippen MR) is 150 cm³/mol. The molecule has 186 valence electrons. The van der Waals surface area contributed by atoms with Crippen LogP contribution in [0.25, 0.3) is 27.7 Å². The van der Waals surface area contributed by atoms with Crippen molar-refractivity contribution in [3.8, 4) is 16.9 Å². The number of rotatable bonds is 8. The van der Waals surface area contributed by atoms with E-state index in [4.69, 9.17) is 9.15 Å². The average Bonchev–Trinajstić information content (AvgIpc) is 3.27. The Morgan fingerprint density at radius 3 is 2.44 bits per heavy atom. The normalized spacial score (nSPS) is 11.7. The fraction of sp³-hybridized carbons (Fsp3) is 0.281. The molecule has 0 bridgehead atoms. The zero-order valence-electron chi connectivity index (χ0n) is 22.1. The molecule has 4 nitrogen and oxygen atoms in total. The first kappa shape index (κ1) is 25.3. The summed E-state index contributed by atoms with van der Waals surface area (Å²) in [7, 11) is 1.65. The Hall–Kier alpha value is -3.79. The van der Waals surface area contributed by atoms with Crippen LogP contribution in [0.2, 0.25) is 0 Å². The number of furan rings is 1. The maximum absolute atomic E-state index is 12.9. The number of allylic oxidation sites excluding steroid dienone is 1. The second-order valence-electron chi connectivity index (χ2n) is 9.54. The molecule has 1 N–H and O–H groups in total. The molecule has 4 heteroatoms. The number of hydrogen-bond donors (Lipinski definition) is 1. The van der Waals surface area contributed by atoms with E-state index in [9.17, 15) is 4.79 Å². The van der Waals surface area contributed by atoms with Crippen LogP contribution in [0.1, 0.15) is 54.5 Å². The van der Waals surface area contributed by atoms with Gasteiger partial charge in [0.05, 0.1) is 13.4 Å². The van der Waals surface area contributed by atoms with Gasteiger partial charge in [0.1, 0.15) is 11.3 Å². The molecule has 3 aromatic carbocycles. The van der Waals surface area contributed by atoms with E-state index in [-0.39, 0.29) is 5.91 Å². The van der Waals surface area contributed by atoms with E-state index in [0.717, 1.165) is 50.9 Å². The predicted octanol–water partition coefficient (Wildman–Crippen LogP) is 8.42. The highest BCUT2D eigenvalue weighted by Crippen LogP contribution is 2.41. The number of aryl methyl sites for hydroxylation is 4. The van der Waals surface area contributed by atoms with Gasteiger partial charge in [0, 0.05) is 33.8 Å². The number of ether oxygens (including phenoxy) is 1. The number of carbonyl (C=O) groups is 1. The number of benzene rings is 3. The molecule has 0 radical (unpaired) electrons. The number of anilines is 1. The average molecular weight is 482 g/mol. The summed E-state index contributed by atoms with van der Waals surface area (Å²) in [5, 5.41) is 3.99. The van der Waals surface area contributed by atoms with E-state index in [0.29, 0.717) is 5.75 Å². The van der Waals surface area contributed by atoms with Crippen molar-refractivity contribution < 1.29 is 13.9 Å². The maximum Gasteiger partial charge on any atom is 0.248 e. The minimum absolute atomic E-state index is 0.171. The third-order valence-corrected chi connectivity index (χ3v) is 6.73. The number of carbonyl (C=O) groups excluding carboxylic acids is 1. The zero-order valence-corrected chi connectivity index (χ0v) is 22.1. The Morgan fingerprint density at radius 1 is 1.03 bits per heavy atom. The van der Waals surface area contributed by atoms with E-state index in [1.54, 1.807) is 13.2 Å². The van der Waals surface area contributed by atoms with E-state index in [2.05, 4.69) is 62.5 Å². The zero-order chi connectivity index (χ0) is 25.8. The first-order valence-corrected chi connectivity index (χ1v) is 12.6. The Morgan fingerprint density at radius 2 is 1.78 bits per heavy atom. The Bertz CT molecular complexity index is 1420. The lowest BCUT2D eigenvalue weighted by molar-refractivity contribution is -0.111. The minimum atomic E-state index is -0.171. The lowest BCUT2D eigenvalue weighted by Crippen LogP contribution is -2.08. The van der Waals surface area contributed by atoms with Crippen molar-refractivity contribution in [3.05, 3.63) is 88.7 Å². The standard InChI is InChI=1S/C32H35NO3/c1-7-8-9-24-11-13-25(14-12-24)33-30(34)17-22(4)27-18-28-29(26-15-10-20(2)16-21(26)3)19-36-32(28)23(5)31(27)35-6/h10-19H,7-9H2,1-6H3,(H,33,34)/b22-17+. The maximum atomic E-state index is 12.9. The van der Waals surface area contributed by atoms with Crippen molar-refractivity contribution in [2.45, 2.75) is 53.9 Å². The van der Waals surface area contributed by atoms with Crippen LogP contribution in [0.5, 0.6) is 5.75 Å². The van der Waals surface area contributed by atoms with Crippen LogP contribution in [0, 0.1) is 20.8 Å². The Balaban J connectivity index is 1.67. The summed E-state index contributed by atoms with van der Waals surface area (Å²) in [6.07, 6.45) is 6.84. The third-order valence-electron chi connectivity index (χ3n) is 6.73. The van der Waals surface area contributed by atoms with Crippen molar-refractivity contribution in [1.82, 2.24) is 0 Å². The molecule has 0 saturated carbocycles. The van der Waals surface area contributed by atoms with Crippen molar-refractivity contribution in [2.24, 2.45) is 0 Å². The van der Waals surface area contributed by atoms with Gasteiger partial charge in [-0.3, -0.25) is 4.79 Å². The molecular weight excluding hydrogens is 446 g/mol. The highest BCUT2D eigenvalue weighted by Gasteiger charge is 2.19. The van der Waals surface area contributed by atoms with Gasteiger partial charge in [-0.15, -0.1) is 0 Å². The molecule has 4 aromatic rings. The Labute approximate surface area is 214 Å². The van der Waals surface area contributed by atoms with Crippen LogP contribution in [0.3, 0.4) is 0 Å². The van der Waals surface area contributed by atoms with E-state index >= 15 is 0 Å². The second-order valence-corrected chi connectivity index (χ2v) is 9.54. The van der Waals surface area contributed by atoms with Gasteiger partial charge in [0.2, 0.25) is 5.91 Å². The van der Waals surface area contributed by atoms with Crippen molar-refractivity contribution in [3.63, 3.8) is 0 Å². The monoisotopic (exact) mass is 481 g/mol. The number of fused-ring (bicyclic) bond motifs is 1. The first-order valence-electron chi connectivity index (χ1n) is 12.6. The van der Waals surface area contributed by atoms with Gasteiger partial charge >= 0.3 is 0 Å². The first-order chi connectivity index (χ1) is 17.3. The fourth-order valence-corrected chi connectivity index (χ4v) is 4.78. The molecule has 1 aromatic heterocycles. The Kier molecular flexibility index (Phi) is 7.64. The van der Waals surface area contributed by atoms with Gasteiger partial charge in [-0.05, 0) is 81.0 Å². The van der Waals surface area contributed by atoms with Gasteiger partial charge in [0.15, 0.2) is 0 Å². The molecule has 0 saturated heterocycles. The topological polar surface area (TPSA) is 51.5 Å². The van der Waals surface area contributed by atoms with Crippen LogP contribution >= 0.6 is 0 Å². The highest BCUT2D eigenvalue weighted by molar-refractivity contribution is 6.06. The molecule has 0 spiro atoms. The molecule has 0 fully saturated rings. The number of methoxy groups -OCH3 is 1. The van der Waals surface area contributed by atoms with Gasteiger partial charge in [-0.25, -0.2) is 0 Å². The van der Waals surface area contributed by atoms with Crippen LogP contribution in [-0.2, 0) is 11.2 Å². The number of hydrogen-bond acceptors (Lipinski definition) is 3. The SMILES string of the molecule is CCCCc1ccc(NC(=O)/C=C(\C)c2cc3c(-c4ccc(C)cc4C)coc3c(C)c2OC)cc1. The second kappa shape index (κ2) is 10.9. The molecule has 1 amide bonds. The van der Waals surface area contributed by atoms with Gasteiger partial charge in [-0.1, -0.05) is 49.2 Å². The number of unbranched alkanes of at least 4 members (excludes halogenated alkanes) is 1. The smallest absolute Gasteiger partial charge is 0.248 e. The van der Waals surface area contributed by atoms with Gasteiger partial charge in [0.25, 0.3) is 0 Å². The van der Waals surface area contributed by atoms with Gasteiger partial charge in [-0.2, -0.15) is 0 Å². The van der Waals surface area contributed by atoms with Crippen molar-refractivity contribution in [1.29, 1.82) is 0 Å². The molecule has 0 aliphatic heterocycles. The van der Waals surface area contributed by atoms with Crippen LogP contribution in [-0.4, -0.2) is 13.0 Å². The molecule has 4 rings (SSSR count). The van der Waals surface area contributed by atoms with E-state index in [1.807, 2.05) is 32.2 Å². The summed E-state index contributed by atoms with van der Waals surface area (Å²) in [5.41, 5.74) is 10.1. The third kappa shape index (κ3) is 5.23. The highest BCUT2D eigenvalue weighted by atomic mass is 16.5. The lowest BCUT2D eigenvalue weighted by atomic mass is 9.94. The summed E-state index contributed by atoms with van der Waals surface area (Å²) >= 11 is 0. The lowest BCUT2D eigenvalue weighted by Gasteiger charge is -2.14. The summed E-state index contributed by atoms with van der Waals surface area (Å²) in [6.45, 7) is 10.3. The molecule has 36 heavy (non-hydrogen) atoms. The summed E-state index contributed by atoms with van der Waals surface area (Å²) in [5.74, 6) is 0.543. The molecule has 0 aliphatic carbocycles. The quantitative estimate of drug-likeness (QED) is 0.257. The summed E-state index contributed by atoms with van der Waals surface area (Å²) in [4.78, 5) is 12.9. The van der Waals surface area contributed by atoms with Crippen LogP contribution in [0.4, 0.5) is 5.69 Å². The molecule has 0 atom stereocenters. The molecule has 0 aliphatic rings. The largest absolute Gasteiger partial charge is 0.496 e. The van der Waals surface area contributed by atoms with E-state index in [1.165, 1.54) is 29.5 Å². The fourth-order valence-electron chi connectivity index (χ4n) is 4.78. The molecule has 1 heterocycles.